The fraction of sp³-hybridized carbons (Fsp3) is 0.259. The number of alkyl carbamates (subject to hydrolysis) is 1. The van der Waals surface area contributed by atoms with Crippen LogP contribution in [-0.2, 0) is 16.0 Å². The van der Waals surface area contributed by atoms with E-state index < -0.39 is 12.1 Å². The van der Waals surface area contributed by atoms with Crippen molar-refractivity contribution in [1.82, 2.24) is 5.32 Å². The summed E-state index contributed by atoms with van der Waals surface area (Å²) in [5.74, 6) is -0.834. The Hall–Kier alpha value is -3.80. The maximum atomic E-state index is 12.5. The molecule has 0 saturated carbocycles. The summed E-state index contributed by atoms with van der Waals surface area (Å²) < 4.78 is 5.58. The third-order valence-electron chi connectivity index (χ3n) is 5.93. The van der Waals surface area contributed by atoms with Gasteiger partial charge in [-0.05, 0) is 54.2 Å². The van der Waals surface area contributed by atoms with E-state index in [1.54, 1.807) is 0 Å². The van der Waals surface area contributed by atoms with Crippen molar-refractivity contribution in [3.63, 3.8) is 0 Å². The lowest BCUT2D eigenvalue weighted by Gasteiger charge is -2.28. The molecule has 3 aromatic rings. The lowest BCUT2D eigenvalue weighted by molar-refractivity contribution is -0.136. The fourth-order valence-corrected chi connectivity index (χ4v) is 4.18. The largest absolute Gasteiger partial charge is 0.481 e. The van der Waals surface area contributed by atoms with E-state index in [4.69, 9.17) is 9.84 Å². The van der Waals surface area contributed by atoms with Gasteiger partial charge in [0.2, 0.25) is 0 Å². The van der Waals surface area contributed by atoms with Crippen molar-refractivity contribution in [1.29, 1.82) is 0 Å². The minimum Gasteiger partial charge on any atom is -0.481 e. The van der Waals surface area contributed by atoms with Gasteiger partial charge < -0.3 is 20.1 Å². The molecule has 0 aliphatic carbocycles. The number of carboxylic acid groups (broad SMARTS) is 1. The zero-order valence-corrected chi connectivity index (χ0v) is 18.6. The number of amides is 1. The molecule has 0 spiro atoms. The van der Waals surface area contributed by atoms with Crippen molar-refractivity contribution in [3.05, 3.63) is 90.0 Å². The Bertz CT molecular complexity index is 1080. The highest BCUT2D eigenvalue weighted by Gasteiger charge is 2.27. The number of rotatable bonds is 7. The van der Waals surface area contributed by atoms with Gasteiger partial charge in [0.05, 0.1) is 6.42 Å². The van der Waals surface area contributed by atoms with Crippen LogP contribution in [0.3, 0.4) is 0 Å². The van der Waals surface area contributed by atoms with Crippen LogP contribution in [0.5, 0.6) is 0 Å². The molecule has 0 bridgehead atoms. The van der Waals surface area contributed by atoms with Gasteiger partial charge in [-0.25, -0.2) is 4.79 Å². The fourth-order valence-electron chi connectivity index (χ4n) is 4.18. The predicted molar refractivity (Wildman–Crippen MR) is 128 cm³/mol. The van der Waals surface area contributed by atoms with E-state index in [0.717, 1.165) is 47.3 Å². The Morgan fingerprint density at radius 3 is 2.27 bits per heavy atom. The number of nitrogens with one attached hydrogen (secondary N) is 1. The van der Waals surface area contributed by atoms with Crippen molar-refractivity contribution in [2.45, 2.75) is 38.5 Å². The normalized spacial score (nSPS) is 16.3. The summed E-state index contributed by atoms with van der Waals surface area (Å²) >= 11 is 0. The summed E-state index contributed by atoms with van der Waals surface area (Å²) in [7, 11) is 0. The summed E-state index contributed by atoms with van der Waals surface area (Å²) in [5.41, 5.74) is 4.87. The Labute approximate surface area is 193 Å². The van der Waals surface area contributed by atoms with Gasteiger partial charge in [0.15, 0.2) is 0 Å². The van der Waals surface area contributed by atoms with Gasteiger partial charge in [-0.1, -0.05) is 66.7 Å². The summed E-state index contributed by atoms with van der Waals surface area (Å²) in [6.45, 7) is 2.73. The molecule has 3 aromatic carbocycles. The topological polar surface area (TPSA) is 78.9 Å². The minimum absolute atomic E-state index is 0.0229. The molecule has 2 atom stereocenters. The van der Waals surface area contributed by atoms with E-state index in [9.17, 15) is 9.59 Å². The Morgan fingerprint density at radius 2 is 1.64 bits per heavy atom. The Kier molecular flexibility index (Phi) is 6.93. The van der Waals surface area contributed by atoms with Crippen molar-refractivity contribution in [3.8, 4) is 11.1 Å². The van der Waals surface area contributed by atoms with Gasteiger partial charge in [-0.2, -0.15) is 0 Å². The SMILES string of the molecule is CC(OC(=O)NC1CCCN1c1ccc(-c2ccc(CC(=O)O)cc2)cc1)c1ccccc1. The number of ether oxygens (including phenoxy) is 1. The maximum absolute atomic E-state index is 12.5. The molecule has 1 fully saturated rings. The van der Waals surface area contributed by atoms with Gasteiger partial charge in [0.25, 0.3) is 0 Å². The minimum atomic E-state index is -0.834. The number of aliphatic carboxylic acids is 1. The quantitative estimate of drug-likeness (QED) is 0.511. The van der Waals surface area contributed by atoms with E-state index in [1.807, 2.05) is 73.7 Å². The molecule has 1 amide bonds. The number of hydrogen-bond acceptors (Lipinski definition) is 4. The van der Waals surface area contributed by atoms with Gasteiger partial charge in [-0.3, -0.25) is 4.79 Å². The molecule has 4 rings (SSSR count). The Balaban J connectivity index is 1.38. The molecule has 6 heteroatoms. The molecule has 33 heavy (non-hydrogen) atoms. The summed E-state index contributed by atoms with van der Waals surface area (Å²) in [5, 5.41) is 11.9. The average molecular weight is 445 g/mol. The van der Waals surface area contributed by atoms with Gasteiger partial charge in [-0.15, -0.1) is 0 Å². The summed E-state index contributed by atoms with van der Waals surface area (Å²) in [4.78, 5) is 25.5. The van der Waals surface area contributed by atoms with Crippen LogP contribution in [0.25, 0.3) is 11.1 Å². The maximum Gasteiger partial charge on any atom is 0.409 e. The van der Waals surface area contributed by atoms with Crippen LogP contribution in [0.4, 0.5) is 10.5 Å². The predicted octanol–water partition coefficient (Wildman–Crippen LogP) is 5.39. The van der Waals surface area contributed by atoms with Crippen molar-refractivity contribution >= 4 is 17.7 Å². The van der Waals surface area contributed by atoms with E-state index in [2.05, 4.69) is 22.3 Å². The molecule has 0 aromatic heterocycles. The third kappa shape index (κ3) is 5.71. The molecular weight excluding hydrogens is 416 g/mol. The highest BCUT2D eigenvalue weighted by molar-refractivity contribution is 5.72. The number of benzene rings is 3. The highest BCUT2D eigenvalue weighted by Crippen LogP contribution is 2.28. The van der Waals surface area contributed by atoms with Crippen LogP contribution >= 0.6 is 0 Å². The number of carbonyl (C=O) groups excluding carboxylic acids is 1. The molecule has 1 heterocycles. The molecule has 6 nitrogen and oxygen atoms in total. The molecular formula is C27H28N2O4. The van der Waals surface area contributed by atoms with Crippen molar-refractivity contribution in [2.75, 3.05) is 11.4 Å². The highest BCUT2D eigenvalue weighted by atomic mass is 16.6. The Morgan fingerprint density at radius 1 is 1.00 bits per heavy atom. The molecule has 1 aliphatic heterocycles. The van der Waals surface area contributed by atoms with Gasteiger partial charge in [0, 0.05) is 12.2 Å². The second-order valence-electron chi connectivity index (χ2n) is 8.27. The van der Waals surface area contributed by atoms with Gasteiger partial charge >= 0.3 is 12.1 Å². The summed E-state index contributed by atoms with van der Waals surface area (Å²) in [6.07, 6.45) is 1.04. The van der Waals surface area contributed by atoms with Crippen LogP contribution in [-0.4, -0.2) is 29.9 Å². The van der Waals surface area contributed by atoms with E-state index in [1.165, 1.54) is 0 Å². The monoisotopic (exact) mass is 444 g/mol. The van der Waals surface area contributed by atoms with Crippen molar-refractivity contribution in [2.24, 2.45) is 0 Å². The third-order valence-corrected chi connectivity index (χ3v) is 5.93. The van der Waals surface area contributed by atoms with Crippen LogP contribution in [0, 0.1) is 0 Å². The first-order valence-electron chi connectivity index (χ1n) is 11.2. The first-order valence-corrected chi connectivity index (χ1v) is 11.2. The average Bonchev–Trinajstić information content (AvgIpc) is 3.28. The number of hydrogen-bond donors (Lipinski definition) is 2. The summed E-state index contributed by atoms with van der Waals surface area (Å²) in [6, 6.07) is 25.5. The second-order valence-corrected chi connectivity index (χ2v) is 8.27. The molecule has 2 N–H and O–H groups in total. The van der Waals surface area contributed by atoms with E-state index in [0.29, 0.717) is 0 Å². The van der Waals surface area contributed by atoms with Crippen LogP contribution in [0.1, 0.15) is 37.0 Å². The lowest BCUT2D eigenvalue weighted by Crippen LogP contribution is -2.44. The molecule has 1 aliphatic rings. The molecule has 170 valence electrons. The number of carbonyl (C=O) groups is 2. The number of nitrogens with zero attached hydrogens (tertiary/aromatic N) is 1. The molecule has 1 saturated heterocycles. The van der Waals surface area contributed by atoms with Crippen LogP contribution < -0.4 is 10.2 Å². The molecule has 0 radical (unpaired) electrons. The first kappa shape index (κ1) is 22.4. The number of anilines is 1. The van der Waals surface area contributed by atoms with E-state index in [-0.39, 0.29) is 18.7 Å². The standard InChI is InChI=1S/C27H28N2O4/c1-19(21-6-3-2-4-7-21)33-27(32)28-25-8-5-17-29(25)24-15-13-23(14-16-24)22-11-9-20(10-12-22)18-26(30)31/h2-4,6-7,9-16,19,25H,5,8,17-18H2,1H3,(H,28,32)(H,30,31). The number of carboxylic acids is 1. The lowest BCUT2D eigenvalue weighted by atomic mass is 10.0. The van der Waals surface area contributed by atoms with Crippen LogP contribution in [0.15, 0.2) is 78.9 Å². The molecule has 2 unspecified atom stereocenters. The smallest absolute Gasteiger partial charge is 0.409 e. The second kappa shape index (κ2) is 10.2. The van der Waals surface area contributed by atoms with Crippen LogP contribution in [0.2, 0.25) is 0 Å². The first-order chi connectivity index (χ1) is 16.0. The zero-order chi connectivity index (χ0) is 23.2. The van der Waals surface area contributed by atoms with E-state index >= 15 is 0 Å². The zero-order valence-electron chi connectivity index (χ0n) is 18.6. The van der Waals surface area contributed by atoms with Gasteiger partial charge in [0.1, 0.15) is 12.3 Å². The van der Waals surface area contributed by atoms with Crippen molar-refractivity contribution < 1.29 is 19.4 Å².